The van der Waals surface area contributed by atoms with Crippen molar-refractivity contribution in [3.63, 3.8) is 0 Å². The molecule has 26 heavy (non-hydrogen) atoms. The summed E-state index contributed by atoms with van der Waals surface area (Å²) in [6, 6.07) is 7.15. The number of rotatable bonds is 5. The van der Waals surface area contributed by atoms with Crippen LogP contribution in [0.5, 0.6) is 0 Å². The molecule has 1 fully saturated rings. The minimum atomic E-state index is -0.283. The van der Waals surface area contributed by atoms with E-state index in [4.69, 9.17) is 0 Å². The van der Waals surface area contributed by atoms with Gasteiger partial charge in [0.05, 0.1) is 0 Å². The third-order valence-corrected chi connectivity index (χ3v) is 4.77. The van der Waals surface area contributed by atoms with E-state index in [1.54, 1.807) is 24.3 Å². The van der Waals surface area contributed by atoms with Crippen LogP contribution in [0.15, 0.2) is 24.3 Å². The second kappa shape index (κ2) is 8.67. The summed E-state index contributed by atoms with van der Waals surface area (Å²) in [5.74, 6) is 0.510. The first-order valence-electron chi connectivity index (χ1n) is 9.60. The summed E-state index contributed by atoms with van der Waals surface area (Å²) in [6.45, 7) is 13.1. The Bertz CT molecular complexity index is 619. The van der Waals surface area contributed by atoms with Crippen LogP contribution >= 0.6 is 0 Å². The summed E-state index contributed by atoms with van der Waals surface area (Å²) >= 11 is 0. The highest BCUT2D eigenvalue weighted by Gasteiger charge is 2.21. The van der Waals surface area contributed by atoms with E-state index in [2.05, 4.69) is 29.4 Å². The van der Waals surface area contributed by atoms with Gasteiger partial charge in [0.2, 0.25) is 0 Å². The van der Waals surface area contributed by atoms with Crippen molar-refractivity contribution in [2.75, 3.05) is 19.6 Å². The Morgan fingerprint density at radius 3 is 2.27 bits per heavy atom. The van der Waals surface area contributed by atoms with Crippen molar-refractivity contribution in [1.82, 2.24) is 15.5 Å². The van der Waals surface area contributed by atoms with E-state index in [1.807, 2.05) is 20.8 Å². The lowest BCUT2D eigenvalue weighted by Gasteiger charge is -2.35. The normalized spacial score (nSPS) is 19.7. The monoisotopic (exact) mass is 359 g/mol. The molecule has 1 saturated heterocycles. The van der Waals surface area contributed by atoms with E-state index in [-0.39, 0.29) is 17.4 Å². The minimum absolute atomic E-state index is 0.0929. The van der Waals surface area contributed by atoms with Crippen LogP contribution < -0.4 is 10.6 Å². The highest BCUT2D eigenvalue weighted by Crippen LogP contribution is 2.17. The smallest absolute Gasteiger partial charge is 0.251 e. The fourth-order valence-electron chi connectivity index (χ4n) is 3.28. The Balaban J connectivity index is 1.86. The Hall–Kier alpha value is -1.88. The molecule has 0 spiro atoms. The van der Waals surface area contributed by atoms with Crippen LogP contribution in [0.2, 0.25) is 0 Å². The fourth-order valence-corrected chi connectivity index (χ4v) is 3.28. The van der Waals surface area contributed by atoms with Crippen molar-refractivity contribution in [3.8, 4) is 0 Å². The largest absolute Gasteiger partial charge is 0.350 e. The molecule has 2 N–H and O–H groups in total. The van der Waals surface area contributed by atoms with E-state index in [0.717, 1.165) is 19.0 Å². The molecule has 1 aromatic rings. The molecule has 2 rings (SSSR count). The molecule has 2 amide bonds. The highest BCUT2D eigenvalue weighted by atomic mass is 16.2. The van der Waals surface area contributed by atoms with Gasteiger partial charge in [-0.15, -0.1) is 0 Å². The predicted molar refractivity (Wildman–Crippen MR) is 105 cm³/mol. The maximum atomic E-state index is 12.4. The molecule has 5 nitrogen and oxygen atoms in total. The molecule has 0 aliphatic carbocycles. The quantitative estimate of drug-likeness (QED) is 0.849. The van der Waals surface area contributed by atoms with Crippen molar-refractivity contribution >= 4 is 11.8 Å². The van der Waals surface area contributed by atoms with Crippen LogP contribution in [0.1, 0.15) is 68.2 Å². The third-order valence-electron chi connectivity index (χ3n) is 4.77. The molecule has 144 valence electrons. The Morgan fingerprint density at radius 1 is 1.15 bits per heavy atom. The first kappa shape index (κ1) is 20.4. The maximum absolute atomic E-state index is 12.4. The van der Waals surface area contributed by atoms with Gasteiger partial charge in [-0.3, -0.25) is 14.5 Å². The van der Waals surface area contributed by atoms with Crippen LogP contribution in [0.25, 0.3) is 0 Å². The molecule has 5 heteroatoms. The molecule has 1 aliphatic heterocycles. The average Bonchev–Trinajstić information content (AvgIpc) is 2.58. The topological polar surface area (TPSA) is 61.4 Å². The van der Waals surface area contributed by atoms with Crippen LogP contribution in [0.4, 0.5) is 0 Å². The summed E-state index contributed by atoms with van der Waals surface area (Å²) in [7, 11) is 0. The summed E-state index contributed by atoms with van der Waals surface area (Å²) in [5, 5.41) is 5.94. The number of nitrogens with zero attached hydrogens (tertiary/aromatic N) is 1. The SMILES string of the molecule is CC1CCCN(C(C)CNC(=O)c2ccc(C(=O)NC(C)(C)C)cc2)C1. The van der Waals surface area contributed by atoms with Crippen molar-refractivity contribution < 1.29 is 9.59 Å². The lowest BCUT2D eigenvalue weighted by atomic mass is 9.99. The number of hydrogen-bond acceptors (Lipinski definition) is 3. The van der Waals surface area contributed by atoms with Crippen molar-refractivity contribution in [2.45, 2.75) is 59.0 Å². The molecule has 0 radical (unpaired) electrons. The van der Waals surface area contributed by atoms with Crippen LogP contribution in [0, 0.1) is 5.92 Å². The molecule has 1 aromatic carbocycles. The molecule has 2 unspecified atom stereocenters. The molecule has 0 bridgehead atoms. The molecule has 0 aromatic heterocycles. The van der Waals surface area contributed by atoms with Crippen LogP contribution in [0.3, 0.4) is 0 Å². The standard InChI is InChI=1S/C21H33N3O2/c1-15-7-6-12-24(14-15)16(2)13-22-19(25)17-8-10-18(11-9-17)20(26)23-21(3,4)5/h8-11,15-16H,6-7,12-14H2,1-5H3,(H,22,25)(H,23,26). The minimum Gasteiger partial charge on any atom is -0.350 e. The zero-order chi connectivity index (χ0) is 19.3. The van der Waals surface area contributed by atoms with Gasteiger partial charge in [0.25, 0.3) is 11.8 Å². The van der Waals surface area contributed by atoms with Gasteiger partial charge >= 0.3 is 0 Å². The van der Waals surface area contributed by atoms with Gasteiger partial charge in [-0.25, -0.2) is 0 Å². The van der Waals surface area contributed by atoms with Crippen molar-refractivity contribution in [3.05, 3.63) is 35.4 Å². The Kier molecular flexibility index (Phi) is 6.81. The number of nitrogens with one attached hydrogen (secondary N) is 2. The fraction of sp³-hybridized carbons (Fsp3) is 0.619. The van der Waals surface area contributed by atoms with E-state index >= 15 is 0 Å². The highest BCUT2D eigenvalue weighted by molar-refractivity contribution is 5.98. The lowest BCUT2D eigenvalue weighted by Crippen LogP contribution is -2.46. The number of hydrogen-bond donors (Lipinski definition) is 2. The molecule has 2 atom stereocenters. The first-order valence-corrected chi connectivity index (χ1v) is 9.60. The van der Waals surface area contributed by atoms with E-state index in [0.29, 0.717) is 23.7 Å². The van der Waals surface area contributed by atoms with Gasteiger partial charge in [0, 0.05) is 35.8 Å². The lowest BCUT2D eigenvalue weighted by molar-refractivity contribution is 0.0906. The molecule has 1 aliphatic rings. The Morgan fingerprint density at radius 2 is 1.73 bits per heavy atom. The number of carbonyl (C=O) groups excluding carboxylic acids is 2. The van der Waals surface area contributed by atoms with Gasteiger partial charge in [-0.1, -0.05) is 6.92 Å². The zero-order valence-electron chi connectivity index (χ0n) is 16.8. The number of benzene rings is 1. The van der Waals surface area contributed by atoms with Gasteiger partial charge in [-0.05, 0) is 77.3 Å². The predicted octanol–water partition coefficient (Wildman–Crippen LogP) is 3.07. The Labute approximate surface area is 157 Å². The number of carbonyl (C=O) groups is 2. The van der Waals surface area contributed by atoms with Gasteiger partial charge in [0.1, 0.15) is 0 Å². The van der Waals surface area contributed by atoms with Gasteiger partial charge in [-0.2, -0.15) is 0 Å². The summed E-state index contributed by atoms with van der Waals surface area (Å²) < 4.78 is 0. The van der Waals surface area contributed by atoms with Crippen LogP contribution in [-0.4, -0.2) is 47.9 Å². The van der Waals surface area contributed by atoms with Crippen LogP contribution in [-0.2, 0) is 0 Å². The molecule has 0 saturated carbocycles. The van der Waals surface area contributed by atoms with E-state index in [1.165, 1.54) is 12.8 Å². The average molecular weight is 360 g/mol. The zero-order valence-corrected chi connectivity index (χ0v) is 16.8. The summed E-state index contributed by atoms with van der Waals surface area (Å²) in [5.41, 5.74) is 0.860. The summed E-state index contributed by atoms with van der Waals surface area (Å²) in [6.07, 6.45) is 2.53. The second-order valence-corrected chi connectivity index (χ2v) is 8.58. The first-order chi connectivity index (χ1) is 12.2. The van der Waals surface area contributed by atoms with E-state index < -0.39 is 0 Å². The van der Waals surface area contributed by atoms with Gasteiger partial charge < -0.3 is 10.6 Å². The molecule has 1 heterocycles. The number of amides is 2. The summed E-state index contributed by atoms with van der Waals surface area (Å²) in [4.78, 5) is 27.0. The second-order valence-electron chi connectivity index (χ2n) is 8.58. The maximum Gasteiger partial charge on any atom is 0.251 e. The number of piperidine rings is 1. The van der Waals surface area contributed by atoms with Gasteiger partial charge in [0.15, 0.2) is 0 Å². The van der Waals surface area contributed by atoms with Crippen molar-refractivity contribution in [1.29, 1.82) is 0 Å². The van der Waals surface area contributed by atoms with Crippen molar-refractivity contribution in [2.24, 2.45) is 5.92 Å². The molecular weight excluding hydrogens is 326 g/mol. The van der Waals surface area contributed by atoms with E-state index in [9.17, 15) is 9.59 Å². The number of likely N-dealkylation sites (tertiary alicyclic amines) is 1. The third kappa shape index (κ3) is 6.13. The molecular formula is C21H33N3O2.